The molecule has 2 aromatic carbocycles. The first-order valence-electron chi connectivity index (χ1n) is 9.41. The topological polar surface area (TPSA) is 111 Å². The van der Waals surface area contributed by atoms with E-state index in [4.69, 9.17) is 9.26 Å². The Morgan fingerprint density at radius 2 is 1.87 bits per heavy atom. The predicted molar refractivity (Wildman–Crippen MR) is 109 cm³/mol. The molecule has 0 spiro atoms. The summed E-state index contributed by atoms with van der Waals surface area (Å²) in [6.45, 7) is 2.92. The van der Waals surface area contributed by atoms with Crippen LogP contribution in [-0.2, 0) is 20.7 Å². The summed E-state index contributed by atoms with van der Waals surface area (Å²) in [6, 6.07) is 15.9. The fourth-order valence-electron chi connectivity index (χ4n) is 2.64. The van der Waals surface area contributed by atoms with Gasteiger partial charge in [-0.15, -0.1) is 0 Å². The summed E-state index contributed by atoms with van der Waals surface area (Å²) in [5, 5.41) is 6.52. The van der Waals surface area contributed by atoms with Gasteiger partial charge in [0.05, 0.1) is 6.42 Å². The van der Waals surface area contributed by atoms with Gasteiger partial charge in [0.2, 0.25) is 11.7 Å². The number of carbonyl (C=O) groups excluding carboxylic acids is 3. The Balaban J connectivity index is 1.48. The van der Waals surface area contributed by atoms with Crippen molar-refractivity contribution in [3.8, 4) is 11.4 Å². The largest absolute Gasteiger partial charge is 0.453 e. The number of rotatable bonds is 8. The van der Waals surface area contributed by atoms with Crippen LogP contribution in [0.25, 0.3) is 11.4 Å². The Hall–Kier alpha value is -3.81. The van der Waals surface area contributed by atoms with E-state index in [0.717, 1.165) is 5.56 Å². The van der Waals surface area contributed by atoms with Crippen molar-refractivity contribution in [3.63, 3.8) is 0 Å². The van der Waals surface area contributed by atoms with Crippen molar-refractivity contribution in [2.75, 3.05) is 5.32 Å². The maximum atomic E-state index is 12.2. The van der Waals surface area contributed by atoms with Crippen LogP contribution in [0.4, 0.5) is 5.69 Å². The summed E-state index contributed by atoms with van der Waals surface area (Å²) < 4.78 is 10.3. The number of nitrogens with zero attached hydrogens (tertiary/aromatic N) is 2. The van der Waals surface area contributed by atoms with Crippen LogP contribution in [0, 0.1) is 0 Å². The van der Waals surface area contributed by atoms with E-state index in [9.17, 15) is 14.4 Å². The van der Waals surface area contributed by atoms with Crippen molar-refractivity contribution in [2.24, 2.45) is 0 Å². The van der Waals surface area contributed by atoms with Gasteiger partial charge >= 0.3 is 5.97 Å². The zero-order chi connectivity index (χ0) is 21.5. The number of benzene rings is 2. The molecule has 3 rings (SSSR count). The van der Waals surface area contributed by atoms with Gasteiger partial charge in [-0.3, -0.25) is 14.4 Å². The molecule has 0 saturated heterocycles. The van der Waals surface area contributed by atoms with Crippen molar-refractivity contribution in [1.29, 1.82) is 0 Å². The van der Waals surface area contributed by atoms with Gasteiger partial charge in [0.1, 0.15) is 0 Å². The summed E-state index contributed by atoms with van der Waals surface area (Å²) in [6.07, 6.45) is -0.803. The monoisotopic (exact) mass is 407 g/mol. The van der Waals surface area contributed by atoms with Crippen LogP contribution in [0.3, 0.4) is 0 Å². The van der Waals surface area contributed by atoms with E-state index >= 15 is 0 Å². The van der Waals surface area contributed by atoms with Crippen molar-refractivity contribution in [2.45, 2.75) is 32.8 Å². The number of hydrogen-bond donors (Lipinski definition) is 1. The van der Waals surface area contributed by atoms with E-state index in [-0.39, 0.29) is 18.6 Å². The van der Waals surface area contributed by atoms with Gasteiger partial charge in [-0.25, -0.2) is 0 Å². The number of aromatic nitrogens is 2. The van der Waals surface area contributed by atoms with E-state index in [2.05, 4.69) is 15.5 Å². The molecule has 1 heterocycles. The highest BCUT2D eigenvalue weighted by molar-refractivity contribution is 5.98. The van der Waals surface area contributed by atoms with Gasteiger partial charge in [-0.1, -0.05) is 47.6 Å². The molecule has 1 aromatic heterocycles. The number of Topliss-reactive ketones (excluding diaryl/α,β-unsaturated/α-hetero) is 1. The SMILES string of the molecule is CC(=O)c1cccc(NC(=O)C(C)OC(=O)CCc2nc(-c3ccccc3)no2)c1. The lowest BCUT2D eigenvalue weighted by Crippen LogP contribution is -2.30. The molecule has 0 fully saturated rings. The van der Waals surface area contributed by atoms with Crippen LogP contribution in [0.5, 0.6) is 0 Å². The van der Waals surface area contributed by atoms with Crippen LogP contribution >= 0.6 is 0 Å². The molecule has 1 amide bonds. The van der Waals surface area contributed by atoms with Crippen molar-refractivity contribution >= 4 is 23.3 Å². The van der Waals surface area contributed by atoms with Crippen LogP contribution in [-0.4, -0.2) is 33.9 Å². The summed E-state index contributed by atoms with van der Waals surface area (Å²) in [7, 11) is 0. The number of amides is 1. The number of nitrogens with one attached hydrogen (secondary N) is 1. The van der Waals surface area contributed by atoms with Crippen LogP contribution < -0.4 is 5.32 Å². The molecule has 0 aliphatic carbocycles. The first kappa shape index (κ1) is 20.9. The number of ether oxygens (including phenoxy) is 1. The second kappa shape index (κ2) is 9.60. The highest BCUT2D eigenvalue weighted by Gasteiger charge is 2.19. The highest BCUT2D eigenvalue weighted by Crippen LogP contribution is 2.16. The zero-order valence-electron chi connectivity index (χ0n) is 16.6. The van der Waals surface area contributed by atoms with Gasteiger partial charge in [-0.2, -0.15) is 4.98 Å². The molecule has 30 heavy (non-hydrogen) atoms. The third-order valence-electron chi connectivity index (χ3n) is 4.26. The molecule has 0 bridgehead atoms. The third kappa shape index (κ3) is 5.60. The van der Waals surface area contributed by atoms with E-state index < -0.39 is 18.0 Å². The standard InChI is InChI=1S/C22H21N3O5/c1-14(26)17-9-6-10-18(13-17)23-22(28)15(2)29-20(27)12-11-19-24-21(25-30-19)16-7-4-3-5-8-16/h3-10,13,15H,11-12H2,1-2H3,(H,23,28). The van der Waals surface area contributed by atoms with Gasteiger partial charge in [0, 0.05) is 23.2 Å². The molecule has 0 aliphatic heterocycles. The Labute approximate surface area is 173 Å². The van der Waals surface area contributed by atoms with Gasteiger partial charge < -0.3 is 14.6 Å². The Morgan fingerprint density at radius 3 is 2.60 bits per heavy atom. The quantitative estimate of drug-likeness (QED) is 0.450. The molecule has 0 aliphatic rings. The second-order valence-corrected chi connectivity index (χ2v) is 6.64. The second-order valence-electron chi connectivity index (χ2n) is 6.64. The van der Waals surface area contributed by atoms with Crippen molar-refractivity contribution in [3.05, 3.63) is 66.1 Å². The molecule has 1 unspecified atom stereocenters. The Bertz CT molecular complexity index is 1050. The van der Waals surface area contributed by atoms with E-state index in [1.54, 1.807) is 24.3 Å². The first-order chi connectivity index (χ1) is 14.4. The average Bonchev–Trinajstić information content (AvgIpc) is 3.22. The summed E-state index contributed by atoms with van der Waals surface area (Å²) in [4.78, 5) is 40.0. The fraction of sp³-hybridized carbons (Fsp3) is 0.227. The molecule has 3 aromatic rings. The van der Waals surface area contributed by atoms with Crippen LogP contribution in [0.1, 0.15) is 36.5 Å². The molecule has 154 valence electrons. The minimum absolute atomic E-state index is 0.00609. The normalized spacial score (nSPS) is 11.5. The van der Waals surface area contributed by atoms with Gasteiger partial charge in [-0.05, 0) is 26.0 Å². The number of aryl methyl sites for hydroxylation is 1. The lowest BCUT2D eigenvalue weighted by atomic mass is 10.1. The number of carbonyl (C=O) groups is 3. The van der Waals surface area contributed by atoms with E-state index in [1.807, 2.05) is 30.3 Å². The Morgan fingerprint density at radius 1 is 1.10 bits per heavy atom. The summed E-state index contributed by atoms with van der Waals surface area (Å²) in [5.41, 5.74) is 1.75. The van der Waals surface area contributed by atoms with Crippen molar-refractivity contribution < 1.29 is 23.6 Å². The molecule has 0 radical (unpaired) electrons. The zero-order valence-corrected chi connectivity index (χ0v) is 16.6. The molecule has 1 N–H and O–H groups in total. The van der Waals surface area contributed by atoms with E-state index in [1.165, 1.54) is 13.8 Å². The summed E-state index contributed by atoms with van der Waals surface area (Å²) >= 11 is 0. The van der Waals surface area contributed by atoms with Crippen LogP contribution in [0.2, 0.25) is 0 Å². The highest BCUT2D eigenvalue weighted by atomic mass is 16.5. The van der Waals surface area contributed by atoms with Crippen molar-refractivity contribution in [1.82, 2.24) is 10.1 Å². The maximum Gasteiger partial charge on any atom is 0.307 e. The molecule has 1 atom stereocenters. The minimum atomic E-state index is -0.999. The Kier molecular flexibility index (Phi) is 6.69. The molecule has 0 saturated carbocycles. The summed E-state index contributed by atoms with van der Waals surface area (Å²) in [5.74, 6) is -0.409. The molecule has 8 heteroatoms. The molecule has 8 nitrogen and oxygen atoms in total. The first-order valence-corrected chi connectivity index (χ1v) is 9.41. The van der Waals surface area contributed by atoms with Gasteiger partial charge in [0.15, 0.2) is 11.9 Å². The smallest absolute Gasteiger partial charge is 0.307 e. The number of hydrogen-bond acceptors (Lipinski definition) is 7. The number of esters is 1. The van der Waals surface area contributed by atoms with Gasteiger partial charge in [0.25, 0.3) is 5.91 Å². The maximum absolute atomic E-state index is 12.2. The van der Waals surface area contributed by atoms with Crippen LogP contribution in [0.15, 0.2) is 59.1 Å². The molecular formula is C22H21N3O5. The molecular weight excluding hydrogens is 386 g/mol. The number of anilines is 1. The third-order valence-corrected chi connectivity index (χ3v) is 4.26. The average molecular weight is 407 g/mol. The number of ketones is 1. The lowest BCUT2D eigenvalue weighted by molar-refractivity contribution is -0.153. The lowest BCUT2D eigenvalue weighted by Gasteiger charge is -2.13. The van der Waals surface area contributed by atoms with E-state index in [0.29, 0.717) is 23.0 Å². The fourth-order valence-corrected chi connectivity index (χ4v) is 2.64. The minimum Gasteiger partial charge on any atom is -0.453 e. The predicted octanol–water partition coefficient (Wildman–Crippen LogP) is 3.44.